The Hall–Kier alpha value is -3.62. The normalized spacial score (nSPS) is 16.6. The zero-order valence-electron chi connectivity index (χ0n) is 18.6. The van der Waals surface area contributed by atoms with E-state index in [4.69, 9.17) is 5.73 Å². The fraction of sp³-hybridized carbons (Fsp3) is 0.231. The van der Waals surface area contributed by atoms with Crippen LogP contribution in [0.25, 0.3) is 5.57 Å². The molecule has 7 nitrogen and oxygen atoms in total. The van der Waals surface area contributed by atoms with E-state index in [-0.39, 0.29) is 17.9 Å². The molecule has 0 radical (unpaired) electrons. The zero-order chi connectivity index (χ0) is 23.5. The molecule has 0 unspecified atom stereocenters. The van der Waals surface area contributed by atoms with Gasteiger partial charge in [-0.25, -0.2) is 4.98 Å². The molecule has 2 aliphatic rings. The van der Waals surface area contributed by atoms with Crippen molar-refractivity contribution in [2.45, 2.75) is 31.8 Å². The van der Waals surface area contributed by atoms with Gasteiger partial charge < -0.3 is 11.1 Å². The fourth-order valence-corrected chi connectivity index (χ4v) is 5.21. The van der Waals surface area contributed by atoms with Gasteiger partial charge in [-0.1, -0.05) is 30.3 Å². The van der Waals surface area contributed by atoms with Crippen LogP contribution in [0.1, 0.15) is 48.8 Å². The summed E-state index contributed by atoms with van der Waals surface area (Å²) in [5.74, 6) is -0.387. The number of thiazole rings is 1. The smallest absolute Gasteiger partial charge is 0.257 e. The summed E-state index contributed by atoms with van der Waals surface area (Å²) in [7, 11) is 0. The summed E-state index contributed by atoms with van der Waals surface area (Å²) in [6, 6.07) is 14.9. The Labute approximate surface area is 201 Å². The molecule has 1 aliphatic heterocycles. The molecule has 172 valence electrons. The van der Waals surface area contributed by atoms with E-state index in [0.29, 0.717) is 29.3 Å². The van der Waals surface area contributed by atoms with E-state index in [1.807, 2.05) is 42.6 Å². The van der Waals surface area contributed by atoms with Gasteiger partial charge in [0.05, 0.1) is 12.2 Å². The molecule has 0 bridgehead atoms. The number of nitrogens with two attached hydrogens (primary N) is 1. The third-order valence-electron chi connectivity index (χ3n) is 5.95. The van der Waals surface area contributed by atoms with Gasteiger partial charge in [0.1, 0.15) is 0 Å². The van der Waals surface area contributed by atoms with Crippen LogP contribution in [0.3, 0.4) is 0 Å². The number of aryl methyl sites for hydroxylation is 1. The van der Waals surface area contributed by atoms with E-state index in [0.717, 1.165) is 46.5 Å². The van der Waals surface area contributed by atoms with Crippen molar-refractivity contribution in [3.8, 4) is 0 Å². The summed E-state index contributed by atoms with van der Waals surface area (Å²) >= 11 is 1.50. The van der Waals surface area contributed by atoms with Crippen molar-refractivity contribution < 1.29 is 9.59 Å². The minimum atomic E-state index is -0.220. The third-order valence-corrected chi connectivity index (χ3v) is 6.98. The Morgan fingerprint density at radius 3 is 2.74 bits per heavy atom. The van der Waals surface area contributed by atoms with Crippen molar-refractivity contribution in [2.75, 3.05) is 11.9 Å². The quantitative estimate of drug-likeness (QED) is 0.510. The highest BCUT2D eigenvalue weighted by molar-refractivity contribution is 7.15. The van der Waals surface area contributed by atoms with E-state index >= 15 is 0 Å². The van der Waals surface area contributed by atoms with E-state index in [1.54, 1.807) is 18.2 Å². The van der Waals surface area contributed by atoms with Crippen LogP contribution >= 0.6 is 11.3 Å². The number of benzene rings is 2. The van der Waals surface area contributed by atoms with Gasteiger partial charge in [0.2, 0.25) is 0 Å². The van der Waals surface area contributed by atoms with Crippen LogP contribution in [-0.4, -0.2) is 35.6 Å². The van der Waals surface area contributed by atoms with Gasteiger partial charge in [0.25, 0.3) is 11.8 Å². The summed E-state index contributed by atoms with van der Waals surface area (Å²) in [6.07, 6.45) is 6.44. The Balaban J connectivity index is 1.21. The first-order chi connectivity index (χ1) is 16.5. The number of anilines is 1. The minimum Gasteiger partial charge on any atom is -0.348 e. The van der Waals surface area contributed by atoms with Gasteiger partial charge in [-0.05, 0) is 60.2 Å². The van der Waals surface area contributed by atoms with Crippen LogP contribution < -0.4 is 16.4 Å². The number of hydrogen-bond acceptors (Lipinski definition) is 6. The number of amides is 2. The number of aliphatic imine (C=N–C) groups is 1. The summed E-state index contributed by atoms with van der Waals surface area (Å²) < 4.78 is 0. The average molecular weight is 472 g/mol. The van der Waals surface area contributed by atoms with Gasteiger partial charge in [0.15, 0.2) is 5.13 Å². The predicted octanol–water partition coefficient (Wildman–Crippen LogP) is 3.61. The summed E-state index contributed by atoms with van der Waals surface area (Å²) in [6.45, 7) is 0.993. The van der Waals surface area contributed by atoms with Crippen molar-refractivity contribution in [2.24, 2.45) is 10.7 Å². The van der Waals surface area contributed by atoms with Crippen LogP contribution in [0.4, 0.5) is 5.13 Å². The molecule has 1 aromatic heterocycles. The number of carbonyl (C=O) groups is 2. The lowest BCUT2D eigenvalue weighted by Gasteiger charge is -2.15. The lowest BCUT2D eigenvalue weighted by atomic mass is 9.99. The molecule has 0 saturated heterocycles. The fourth-order valence-electron chi connectivity index (χ4n) is 4.12. The van der Waals surface area contributed by atoms with Crippen molar-refractivity contribution >= 4 is 40.1 Å². The van der Waals surface area contributed by atoms with Crippen LogP contribution in [0.5, 0.6) is 0 Å². The number of hydrogen-bond donors (Lipinski definition) is 3. The highest BCUT2D eigenvalue weighted by Crippen LogP contribution is 2.29. The lowest BCUT2D eigenvalue weighted by molar-refractivity contribution is 0.0950. The standard InChI is InChI=1S/C26H25N5O2S/c27-21-7-8-22-23(13-21)34-26(30-22)31-25(33)18-5-1-3-16(11-18)14-29-24(32)19-6-2-4-17(12-19)20-9-10-28-15-20/h1-6,9,11-12,15,21H,7-8,10,13-14,27H2,(H,29,32)(H,30,31,33)/t21-/m0/s1. The van der Waals surface area contributed by atoms with E-state index < -0.39 is 0 Å². The molecule has 0 saturated carbocycles. The lowest BCUT2D eigenvalue weighted by Crippen LogP contribution is -2.27. The van der Waals surface area contributed by atoms with Crippen molar-refractivity contribution in [1.82, 2.24) is 10.3 Å². The maximum absolute atomic E-state index is 12.8. The van der Waals surface area contributed by atoms with Crippen LogP contribution in [0.2, 0.25) is 0 Å². The first kappa shape index (κ1) is 22.2. The number of allylic oxidation sites excluding steroid dienone is 1. The van der Waals surface area contributed by atoms with Crippen molar-refractivity contribution in [3.05, 3.63) is 87.4 Å². The Morgan fingerprint density at radius 2 is 1.91 bits per heavy atom. The first-order valence-corrected chi connectivity index (χ1v) is 12.1. The van der Waals surface area contributed by atoms with E-state index in [2.05, 4.69) is 20.6 Å². The molecule has 2 amide bonds. The van der Waals surface area contributed by atoms with E-state index in [1.165, 1.54) is 11.3 Å². The molecule has 2 aromatic carbocycles. The van der Waals surface area contributed by atoms with Crippen molar-refractivity contribution in [3.63, 3.8) is 0 Å². The molecule has 3 aromatic rings. The molecule has 1 atom stereocenters. The van der Waals surface area contributed by atoms with Gasteiger partial charge >= 0.3 is 0 Å². The number of rotatable bonds is 6. The van der Waals surface area contributed by atoms with Gasteiger partial charge in [-0.3, -0.25) is 19.9 Å². The first-order valence-electron chi connectivity index (χ1n) is 11.3. The molecule has 0 fully saturated rings. The Kier molecular flexibility index (Phi) is 6.33. The SMILES string of the molecule is N[C@H]1CCc2nc(NC(=O)c3cccc(CNC(=O)c4cccc(C5=CCN=C5)c4)c3)sc2C1. The number of nitrogens with zero attached hydrogens (tertiary/aromatic N) is 2. The molecule has 34 heavy (non-hydrogen) atoms. The molecule has 2 heterocycles. The largest absolute Gasteiger partial charge is 0.348 e. The molecule has 8 heteroatoms. The monoisotopic (exact) mass is 471 g/mol. The summed E-state index contributed by atoms with van der Waals surface area (Å²) in [5.41, 5.74) is 11.0. The Bertz CT molecular complexity index is 1310. The second-order valence-corrected chi connectivity index (χ2v) is 9.55. The summed E-state index contributed by atoms with van der Waals surface area (Å²) in [5, 5.41) is 6.45. The number of nitrogens with one attached hydrogen (secondary N) is 2. The third kappa shape index (κ3) is 4.98. The topological polar surface area (TPSA) is 109 Å². The zero-order valence-corrected chi connectivity index (χ0v) is 19.4. The number of fused-ring (bicyclic) bond motifs is 1. The molecule has 4 N–H and O–H groups in total. The Morgan fingerprint density at radius 1 is 1.09 bits per heavy atom. The van der Waals surface area contributed by atoms with Crippen LogP contribution in [0.15, 0.2) is 59.6 Å². The molecular weight excluding hydrogens is 446 g/mol. The van der Waals surface area contributed by atoms with Gasteiger partial charge in [0, 0.05) is 34.8 Å². The number of carbonyl (C=O) groups excluding carboxylic acids is 2. The maximum atomic E-state index is 12.8. The second-order valence-electron chi connectivity index (χ2n) is 8.46. The number of aromatic nitrogens is 1. The summed E-state index contributed by atoms with van der Waals surface area (Å²) in [4.78, 5) is 35.4. The van der Waals surface area contributed by atoms with Crippen LogP contribution in [-0.2, 0) is 19.4 Å². The van der Waals surface area contributed by atoms with Crippen molar-refractivity contribution in [1.29, 1.82) is 0 Å². The minimum absolute atomic E-state index is 0.166. The van der Waals surface area contributed by atoms with Gasteiger partial charge in [-0.15, -0.1) is 11.3 Å². The molecular formula is C26H25N5O2S. The van der Waals surface area contributed by atoms with E-state index in [9.17, 15) is 9.59 Å². The predicted molar refractivity (Wildman–Crippen MR) is 135 cm³/mol. The second kappa shape index (κ2) is 9.70. The highest BCUT2D eigenvalue weighted by atomic mass is 32.1. The van der Waals surface area contributed by atoms with Crippen LogP contribution in [0, 0.1) is 0 Å². The van der Waals surface area contributed by atoms with Gasteiger partial charge in [-0.2, -0.15) is 0 Å². The highest BCUT2D eigenvalue weighted by Gasteiger charge is 2.21. The molecule has 5 rings (SSSR count). The average Bonchev–Trinajstić information content (AvgIpc) is 3.52. The molecule has 0 spiro atoms. The maximum Gasteiger partial charge on any atom is 0.257 e. The molecule has 1 aliphatic carbocycles.